The Labute approximate surface area is 147 Å². The molecule has 2 amide bonds. The molecule has 2 aliphatic rings. The predicted octanol–water partition coefficient (Wildman–Crippen LogP) is 2.37. The molecule has 0 aromatic carbocycles. The van der Waals surface area contributed by atoms with E-state index in [1.54, 1.807) is 10.3 Å². The van der Waals surface area contributed by atoms with Crippen molar-refractivity contribution >= 4 is 34.5 Å². The van der Waals surface area contributed by atoms with E-state index in [2.05, 4.69) is 10.3 Å². The molecule has 2 fully saturated rings. The first-order chi connectivity index (χ1) is 11.7. The molecule has 0 spiro atoms. The van der Waals surface area contributed by atoms with Crippen LogP contribution in [0, 0.1) is 0 Å². The predicted molar refractivity (Wildman–Crippen MR) is 91.1 cm³/mol. The summed E-state index contributed by atoms with van der Waals surface area (Å²) < 4.78 is 5.64. The van der Waals surface area contributed by atoms with Gasteiger partial charge < -0.3 is 15.0 Å². The van der Waals surface area contributed by atoms with Crippen molar-refractivity contribution in [3.63, 3.8) is 0 Å². The van der Waals surface area contributed by atoms with E-state index in [9.17, 15) is 9.59 Å². The van der Waals surface area contributed by atoms with Crippen LogP contribution in [0.5, 0.6) is 0 Å². The zero-order valence-corrected chi connectivity index (χ0v) is 14.6. The minimum absolute atomic E-state index is 0.00861. The summed E-state index contributed by atoms with van der Waals surface area (Å²) >= 11 is 2.94. The molecule has 0 aliphatic carbocycles. The number of carbonyl (C=O) groups is 2. The topological polar surface area (TPSA) is 71.5 Å². The molecule has 0 saturated carbocycles. The number of piperazine rings is 1. The highest BCUT2D eigenvalue weighted by molar-refractivity contribution is 7.10. The van der Waals surface area contributed by atoms with E-state index >= 15 is 0 Å². The van der Waals surface area contributed by atoms with Gasteiger partial charge in [-0.05, 0) is 24.3 Å². The van der Waals surface area contributed by atoms with Crippen molar-refractivity contribution in [1.82, 2.24) is 15.2 Å². The van der Waals surface area contributed by atoms with Gasteiger partial charge in [-0.15, -0.1) is 22.7 Å². The Morgan fingerprint density at radius 2 is 2.33 bits per heavy atom. The Kier molecular flexibility index (Phi) is 4.34. The molecule has 8 heteroatoms. The van der Waals surface area contributed by atoms with Crippen LogP contribution in [0.2, 0.25) is 0 Å². The third-order valence-corrected chi connectivity index (χ3v) is 6.09. The smallest absolute Gasteiger partial charge is 0.274 e. The molecule has 2 aromatic heterocycles. The van der Waals surface area contributed by atoms with Gasteiger partial charge >= 0.3 is 0 Å². The number of nitrogens with one attached hydrogen (secondary N) is 1. The number of thiophene rings is 1. The third kappa shape index (κ3) is 2.85. The van der Waals surface area contributed by atoms with Crippen molar-refractivity contribution in [3.05, 3.63) is 38.5 Å². The lowest BCUT2D eigenvalue weighted by Crippen LogP contribution is -2.52. The number of hydrogen-bond donors (Lipinski definition) is 1. The molecule has 2 aromatic rings. The summed E-state index contributed by atoms with van der Waals surface area (Å²) in [5.74, 6) is -0.324. The summed E-state index contributed by atoms with van der Waals surface area (Å²) in [4.78, 5) is 32.2. The normalized spacial score (nSPS) is 24.2. The molecule has 0 radical (unpaired) electrons. The Morgan fingerprint density at radius 3 is 3.08 bits per heavy atom. The second-order valence-electron chi connectivity index (χ2n) is 5.78. The first-order valence-electron chi connectivity index (χ1n) is 7.93. The number of carbonyl (C=O) groups excluding carboxylic acids is 2. The first kappa shape index (κ1) is 15.7. The van der Waals surface area contributed by atoms with Gasteiger partial charge in [0.15, 0.2) is 0 Å². The van der Waals surface area contributed by atoms with E-state index in [1.165, 1.54) is 22.7 Å². The Hall–Kier alpha value is -1.77. The zero-order chi connectivity index (χ0) is 16.5. The summed E-state index contributed by atoms with van der Waals surface area (Å²) in [5.41, 5.74) is 0.404. The lowest BCUT2D eigenvalue weighted by atomic mass is 10.1. The van der Waals surface area contributed by atoms with E-state index < -0.39 is 6.04 Å². The summed E-state index contributed by atoms with van der Waals surface area (Å²) in [5, 5.41) is 7.38. The fourth-order valence-corrected chi connectivity index (χ4v) is 4.78. The highest BCUT2D eigenvalue weighted by Crippen LogP contribution is 2.32. The maximum atomic E-state index is 12.9. The van der Waals surface area contributed by atoms with Gasteiger partial charge in [0, 0.05) is 30.0 Å². The number of thiazole rings is 1. The van der Waals surface area contributed by atoms with Crippen molar-refractivity contribution in [3.8, 4) is 0 Å². The van der Waals surface area contributed by atoms with Crippen LogP contribution in [-0.2, 0) is 9.53 Å². The Balaban J connectivity index is 1.59. The van der Waals surface area contributed by atoms with Gasteiger partial charge in [0.05, 0.1) is 0 Å². The van der Waals surface area contributed by atoms with Crippen molar-refractivity contribution < 1.29 is 14.3 Å². The molecule has 24 heavy (non-hydrogen) atoms. The van der Waals surface area contributed by atoms with Gasteiger partial charge in [-0.3, -0.25) is 9.59 Å². The number of amides is 2. The largest absolute Gasteiger partial charge is 0.371 e. The molecule has 6 nitrogen and oxygen atoms in total. The van der Waals surface area contributed by atoms with Gasteiger partial charge in [-0.25, -0.2) is 4.98 Å². The Bertz CT molecular complexity index is 738. The van der Waals surface area contributed by atoms with Gasteiger partial charge in [-0.1, -0.05) is 6.07 Å². The second kappa shape index (κ2) is 6.62. The fraction of sp³-hybridized carbons (Fsp3) is 0.438. The van der Waals surface area contributed by atoms with Crippen molar-refractivity contribution in [1.29, 1.82) is 0 Å². The third-order valence-electron chi connectivity index (χ3n) is 4.23. The number of rotatable bonds is 3. The van der Waals surface area contributed by atoms with Crippen LogP contribution in [0.25, 0.3) is 0 Å². The molecular weight excluding hydrogens is 346 g/mol. The molecule has 4 rings (SSSR count). The molecular formula is C16H17N3O3S2. The SMILES string of the molecule is O=C1NCCN(C(=O)c2csc(C3CCCO3)n2)C1c1cccs1. The Morgan fingerprint density at radius 1 is 1.42 bits per heavy atom. The number of nitrogens with zero attached hydrogens (tertiary/aromatic N) is 2. The van der Waals surface area contributed by atoms with E-state index in [4.69, 9.17) is 4.74 Å². The van der Waals surface area contributed by atoms with E-state index in [1.807, 2.05) is 17.5 Å². The standard InChI is InChI=1S/C16H17N3O3S2/c20-14-13(12-4-2-8-23-12)19(6-5-17-14)16(21)10-9-24-15(18-10)11-3-1-7-22-11/h2,4,8-9,11,13H,1,3,5-7H2,(H,17,20). The van der Waals surface area contributed by atoms with Gasteiger partial charge in [-0.2, -0.15) is 0 Å². The zero-order valence-electron chi connectivity index (χ0n) is 12.9. The maximum absolute atomic E-state index is 12.9. The van der Waals surface area contributed by atoms with E-state index in [-0.39, 0.29) is 17.9 Å². The second-order valence-corrected chi connectivity index (χ2v) is 7.65. The summed E-state index contributed by atoms with van der Waals surface area (Å²) in [6, 6.07) is 3.21. The fourth-order valence-electron chi connectivity index (χ4n) is 3.07. The van der Waals surface area contributed by atoms with Gasteiger partial charge in [0.25, 0.3) is 5.91 Å². The van der Waals surface area contributed by atoms with E-state index in [0.717, 1.165) is 29.3 Å². The molecule has 1 N–H and O–H groups in total. The average Bonchev–Trinajstić information content (AvgIpc) is 3.34. The van der Waals surface area contributed by atoms with Crippen LogP contribution in [-0.4, -0.2) is 41.4 Å². The van der Waals surface area contributed by atoms with Crippen molar-refractivity contribution in [2.45, 2.75) is 25.0 Å². The highest BCUT2D eigenvalue weighted by Gasteiger charge is 2.36. The van der Waals surface area contributed by atoms with Crippen LogP contribution < -0.4 is 5.32 Å². The molecule has 2 unspecified atom stereocenters. The number of aromatic nitrogens is 1. The molecule has 4 heterocycles. The minimum atomic E-state index is -0.570. The molecule has 2 aliphatic heterocycles. The van der Waals surface area contributed by atoms with Gasteiger partial charge in [0.2, 0.25) is 5.91 Å². The van der Waals surface area contributed by atoms with Crippen LogP contribution in [0.15, 0.2) is 22.9 Å². The van der Waals surface area contributed by atoms with Crippen LogP contribution in [0.3, 0.4) is 0 Å². The lowest BCUT2D eigenvalue weighted by molar-refractivity contribution is -0.127. The van der Waals surface area contributed by atoms with Crippen LogP contribution >= 0.6 is 22.7 Å². The quantitative estimate of drug-likeness (QED) is 0.909. The first-order valence-corrected chi connectivity index (χ1v) is 9.69. The summed E-state index contributed by atoms with van der Waals surface area (Å²) in [6.07, 6.45) is 1.99. The number of ether oxygens (including phenoxy) is 1. The van der Waals surface area contributed by atoms with Gasteiger partial charge in [0.1, 0.15) is 22.8 Å². The number of hydrogen-bond acceptors (Lipinski definition) is 6. The summed E-state index contributed by atoms with van der Waals surface area (Å²) in [6.45, 7) is 1.70. The van der Waals surface area contributed by atoms with E-state index in [0.29, 0.717) is 18.8 Å². The monoisotopic (exact) mass is 363 g/mol. The minimum Gasteiger partial charge on any atom is -0.371 e. The van der Waals surface area contributed by atoms with Crippen LogP contribution in [0.4, 0.5) is 0 Å². The molecule has 0 bridgehead atoms. The molecule has 126 valence electrons. The maximum Gasteiger partial charge on any atom is 0.274 e. The lowest BCUT2D eigenvalue weighted by Gasteiger charge is -2.34. The van der Waals surface area contributed by atoms with Crippen molar-refractivity contribution in [2.75, 3.05) is 19.7 Å². The van der Waals surface area contributed by atoms with Crippen LogP contribution in [0.1, 0.15) is 45.4 Å². The molecule has 2 atom stereocenters. The van der Waals surface area contributed by atoms with Crippen molar-refractivity contribution in [2.24, 2.45) is 0 Å². The summed E-state index contributed by atoms with van der Waals surface area (Å²) in [7, 11) is 0. The highest BCUT2D eigenvalue weighted by atomic mass is 32.1. The average molecular weight is 363 g/mol. The molecule has 2 saturated heterocycles.